The lowest BCUT2D eigenvalue weighted by atomic mass is 10.1. The molecule has 0 aliphatic rings. The Morgan fingerprint density at radius 2 is 2.00 bits per heavy atom. The van der Waals surface area contributed by atoms with E-state index in [1.54, 1.807) is 0 Å². The molecule has 0 fully saturated rings. The summed E-state index contributed by atoms with van der Waals surface area (Å²) < 4.78 is 6.43. The second-order valence-corrected chi connectivity index (χ2v) is 5.58. The summed E-state index contributed by atoms with van der Waals surface area (Å²) >= 11 is 3.34. The smallest absolute Gasteiger partial charge is 0.223 e. The molecule has 0 saturated heterocycles. The Balaban J connectivity index is 2.18. The largest absolute Gasteiger partial charge is 0.493 e. The van der Waals surface area contributed by atoms with Gasteiger partial charge in [0.1, 0.15) is 5.75 Å². The number of amides is 1. The van der Waals surface area contributed by atoms with E-state index in [1.165, 1.54) is 0 Å². The van der Waals surface area contributed by atoms with Crippen molar-refractivity contribution in [1.82, 2.24) is 5.32 Å². The molecule has 0 radical (unpaired) electrons. The fraction of sp³-hybridized carbons (Fsp3) is 0.500. The number of rotatable bonds is 7. The lowest BCUT2D eigenvalue weighted by Gasteiger charge is -2.15. The van der Waals surface area contributed by atoms with Gasteiger partial charge in [-0.1, -0.05) is 29.8 Å². The first kappa shape index (κ1) is 16.0. The molecule has 0 aliphatic carbocycles. The fourth-order valence-corrected chi connectivity index (χ4v) is 1.60. The van der Waals surface area contributed by atoms with Crippen molar-refractivity contribution >= 4 is 21.8 Å². The molecule has 0 aromatic heterocycles. The normalized spacial score (nSPS) is 12.3. The molecular weight excluding hydrogens is 310 g/mol. The zero-order chi connectivity index (χ0) is 14.3. The number of aliphatic hydroxyl groups is 1. The molecule has 1 amide bonds. The molecule has 0 aliphatic heterocycles. The molecule has 2 N–H and O–H groups in total. The summed E-state index contributed by atoms with van der Waals surface area (Å²) in [5.41, 5.74) is 0. The van der Waals surface area contributed by atoms with E-state index < -0.39 is 6.10 Å². The SMILES string of the molecule is CC(C)C(O)CNC(=O)CCOc1ccc(Br)cc1. The van der Waals surface area contributed by atoms with Gasteiger partial charge >= 0.3 is 0 Å². The van der Waals surface area contributed by atoms with Crippen molar-refractivity contribution in [3.05, 3.63) is 28.7 Å². The van der Waals surface area contributed by atoms with Gasteiger partial charge in [0.2, 0.25) is 5.91 Å². The van der Waals surface area contributed by atoms with Crippen LogP contribution in [0.5, 0.6) is 5.75 Å². The monoisotopic (exact) mass is 329 g/mol. The highest BCUT2D eigenvalue weighted by atomic mass is 79.9. The maximum absolute atomic E-state index is 11.5. The summed E-state index contributed by atoms with van der Waals surface area (Å²) in [6.07, 6.45) is -0.225. The summed E-state index contributed by atoms with van der Waals surface area (Å²) in [5.74, 6) is 0.759. The van der Waals surface area contributed by atoms with E-state index in [2.05, 4.69) is 21.2 Å². The van der Waals surface area contributed by atoms with Gasteiger partial charge in [0.25, 0.3) is 0 Å². The minimum absolute atomic E-state index is 0.114. The number of halogens is 1. The van der Waals surface area contributed by atoms with Crippen LogP contribution in [0.1, 0.15) is 20.3 Å². The van der Waals surface area contributed by atoms with Gasteiger partial charge in [0, 0.05) is 11.0 Å². The molecule has 5 heteroatoms. The third kappa shape index (κ3) is 6.59. The lowest BCUT2D eigenvalue weighted by molar-refractivity contribution is -0.122. The van der Waals surface area contributed by atoms with Crippen LogP contribution in [-0.4, -0.2) is 30.3 Å². The Bertz CT molecular complexity index is 392. The maximum atomic E-state index is 11.5. The Morgan fingerprint density at radius 3 is 2.58 bits per heavy atom. The molecule has 106 valence electrons. The number of hydrogen-bond acceptors (Lipinski definition) is 3. The molecule has 1 atom stereocenters. The molecule has 1 rings (SSSR count). The number of hydrogen-bond donors (Lipinski definition) is 2. The molecule has 1 aromatic carbocycles. The molecule has 0 bridgehead atoms. The average Bonchev–Trinajstić information content (AvgIpc) is 2.38. The summed E-state index contributed by atoms with van der Waals surface area (Å²) in [6.45, 7) is 4.43. The molecule has 1 aromatic rings. The highest BCUT2D eigenvalue weighted by Gasteiger charge is 2.10. The molecule has 0 saturated carbocycles. The number of aliphatic hydroxyl groups excluding tert-OH is 1. The molecule has 1 unspecified atom stereocenters. The van der Waals surface area contributed by atoms with Crippen molar-refractivity contribution < 1.29 is 14.6 Å². The Labute approximate surface area is 122 Å². The Kier molecular flexibility index (Phi) is 6.87. The van der Waals surface area contributed by atoms with Crippen LogP contribution < -0.4 is 10.1 Å². The second-order valence-electron chi connectivity index (χ2n) is 4.67. The third-order valence-corrected chi connectivity index (χ3v) is 3.22. The van der Waals surface area contributed by atoms with E-state index in [1.807, 2.05) is 38.1 Å². The predicted octanol–water partition coefficient (Wildman–Crippen LogP) is 2.35. The molecular formula is C14H20BrNO3. The highest BCUT2D eigenvalue weighted by Crippen LogP contribution is 2.16. The van der Waals surface area contributed by atoms with Gasteiger partial charge in [0.05, 0.1) is 19.1 Å². The van der Waals surface area contributed by atoms with Gasteiger partial charge in [0.15, 0.2) is 0 Å². The first-order chi connectivity index (χ1) is 8.99. The summed E-state index contributed by atoms with van der Waals surface area (Å²) in [5, 5.41) is 12.2. The van der Waals surface area contributed by atoms with Crippen LogP contribution in [0.25, 0.3) is 0 Å². The lowest BCUT2D eigenvalue weighted by Crippen LogP contribution is -2.35. The number of carbonyl (C=O) groups excluding carboxylic acids is 1. The molecule has 0 heterocycles. The van der Waals surface area contributed by atoms with Crippen LogP contribution in [-0.2, 0) is 4.79 Å². The Hall–Kier alpha value is -1.07. The zero-order valence-corrected chi connectivity index (χ0v) is 12.8. The van der Waals surface area contributed by atoms with E-state index >= 15 is 0 Å². The number of carbonyl (C=O) groups is 1. The third-order valence-electron chi connectivity index (χ3n) is 2.69. The highest BCUT2D eigenvalue weighted by molar-refractivity contribution is 9.10. The van der Waals surface area contributed by atoms with Crippen molar-refractivity contribution in [1.29, 1.82) is 0 Å². The topological polar surface area (TPSA) is 58.6 Å². The molecule has 0 spiro atoms. The van der Waals surface area contributed by atoms with Crippen LogP contribution >= 0.6 is 15.9 Å². The van der Waals surface area contributed by atoms with Gasteiger partial charge in [-0.3, -0.25) is 4.79 Å². The standard InChI is InChI=1S/C14H20BrNO3/c1-10(2)13(17)9-16-14(18)7-8-19-12-5-3-11(15)4-6-12/h3-6,10,13,17H,7-9H2,1-2H3,(H,16,18). The summed E-state index contributed by atoms with van der Waals surface area (Å²) in [4.78, 5) is 11.5. The maximum Gasteiger partial charge on any atom is 0.223 e. The minimum Gasteiger partial charge on any atom is -0.493 e. The van der Waals surface area contributed by atoms with Crippen LogP contribution in [0.2, 0.25) is 0 Å². The summed E-state index contributed by atoms with van der Waals surface area (Å²) in [7, 11) is 0. The van der Waals surface area contributed by atoms with Gasteiger partial charge < -0.3 is 15.2 Å². The van der Waals surface area contributed by atoms with E-state index in [0.717, 1.165) is 10.2 Å². The van der Waals surface area contributed by atoms with Crippen molar-refractivity contribution in [2.45, 2.75) is 26.4 Å². The number of nitrogens with one attached hydrogen (secondary N) is 1. The van der Waals surface area contributed by atoms with Crippen molar-refractivity contribution in [2.75, 3.05) is 13.2 Å². The average molecular weight is 330 g/mol. The number of benzene rings is 1. The second kappa shape index (κ2) is 8.17. The van der Waals surface area contributed by atoms with Crippen LogP contribution in [0.4, 0.5) is 0 Å². The van der Waals surface area contributed by atoms with Crippen LogP contribution in [0.3, 0.4) is 0 Å². The van der Waals surface area contributed by atoms with E-state index in [9.17, 15) is 9.90 Å². The Morgan fingerprint density at radius 1 is 1.37 bits per heavy atom. The van der Waals surface area contributed by atoms with E-state index in [4.69, 9.17) is 4.74 Å². The van der Waals surface area contributed by atoms with Gasteiger partial charge in [-0.25, -0.2) is 0 Å². The van der Waals surface area contributed by atoms with Gasteiger partial charge in [-0.05, 0) is 30.2 Å². The van der Waals surface area contributed by atoms with Gasteiger partial charge in [-0.15, -0.1) is 0 Å². The molecule has 4 nitrogen and oxygen atoms in total. The first-order valence-corrected chi connectivity index (χ1v) is 7.11. The van der Waals surface area contributed by atoms with Crippen molar-refractivity contribution in [2.24, 2.45) is 5.92 Å². The van der Waals surface area contributed by atoms with Crippen molar-refractivity contribution in [3.63, 3.8) is 0 Å². The number of ether oxygens (including phenoxy) is 1. The predicted molar refractivity (Wildman–Crippen MR) is 78.1 cm³/mol. The van der Waals surface area contributed by atoms with Crippen LogP contribution in [0.15, 0.2) is 28.7 Å². The van der Waals surface area contributed by atoms with Crippen molar-refractivity contribution in [3.8, 4) is 5.75 Å². The minimum atomic E-state index is -0.503. The first-order valence-electron chi connectivity index (χ1n) is 6.32. The quantitative estimate of drug-likeness (QED) is 0.807. The summed E-state index contributed by atoms with van der Waals surface area (Å²) in [6, 6.07) is 7.44. The van der Waals surface area contributed by atoms with Crippen LogP contribution in [0, 0.1) is 5.92 Å². The van der Waals surface area contributed by atoms with E-state index in [-0.39, 0.29) is 24.8 Å². The fourth-order valence-electron chi connectivity index (χ4n) is 1.33. The van der Waals surface area contributed by atoms with Gasteiger partial charge in [-0.2, -0.15) is 0 Å². The van der Waals surface area contributed by atoms with E-state index in [0.29, 0.717) is 6.61 Å². The molecule has 19 heavy (non-hydrogen) atoms. The zero-order valence-electron chi connectivity index (χ0n) is 11.2.